The Morgan fingerprint density at radius 2 is 2.33 bits per heavy atom. The van der Waals surface area contributed by atoms with Crippen molar-refractivity contribution in [2.24, 2.45) is 0 Å². The van der Waals surface area contributed by atoms with Crippen LogP contribution in [0, 0.1) is 6.92 Å². The van der Waals surface area contributed by atoms with Crippen molar-refractivity contribution < 1.29 is 0 Å². The molecule has 0 spiro atoms. The van der Waals surface area contributed by atoms with Gasteiger partial charge >= 0.3 is 0 Å². The molecule has 0 aliphatic rings. The lowest BCUT2D eigenvalue weighted by Crippen LogP contribution is -1.82. The second kappa shape index (κ2) is 4.96. The standard InChI is InChI=1S/C10H9ClN2S2/c1-7-3-2-4-8(5-7)6-14-10-12-9(11)15-13-10/h2-5H,6H2,1H3. The lowest BCUT2D eigenvalue weighted by atomic mass is 10.2. The molecule has 0 saturated heterocycles. The van der Waals surface area contributed by atoms with Crippen LogP contribution in [0.15, 0.2) is 29.4 Å². The zero-order chi connectivity index (χ0) is 10.7. The van der Waals surface area contributed by atoms with Crippen molar-refractivity contribution in [2.75, 3.05) is 0 Å². The largest absolute Gasteiger partial charge is 0.204 e. The minimum atomic E-state index is 0.502. The molecule has 0 N–H and O–H groups in total. The molecule has 0 radical (unpaired) electrons. The minimum Gasteiger partial charge on any atom is -0.198 e. The SMILES string of the molecule is Cc1cccc(CSc2nsc(Cl)n2)c1. The Morgan fingerprint density at radius 1 is 1.47 bits per heavy atom. The first-order chi connectivity index (χ1) is 7.24. The van der Waals surface area contributed by atoms with Gasteiger partial charge in [0.1, 0.15) is 0 Å². The Kier molecular flexibility index (Phi) is 3.61. The van der Waals surface area contributed by atoms with Gasteiger partial charge in [0.2, 0.25) is 9.62 Å². The Morgan fingerprint density at radius 3 is 3.00 bits per heavy atom. The summed E-state index contributed by atoms with van der Waals surface area (Å²) in [6, 6.07) is 8.42. The third kappa shape index (κ3) is 3.19. The molecule has 1 heterocycles. The predicted molar refractivity (Wildman–Crippen MR) is 65.7 cm³/mol. The summed E-state index contributed by atoms with van der Waals surface area (Å²) in [5.74, 6) is 0.884. The highest BCUT2D eigenvalue weighted by Gasteiger charge is 2.02. The van der Waals surface area contributed by atoms with Gasteiger partial charge in [-0.3, -0.25) is 0 Å². The van der Waals surface area contributed by atoms with Crippen molar-refractivity contribution >= 4 is 34.9 Å². The molecule has 2 aromatic rings. The second-order valence-corrected chi connectivity index (χ2v) is 5.38. The fourth-order valence-electron chi connectivity index (χ4n) is 1.20. The van der Waals surface area contributed by atoms with Crippen LogP contribution >= 0.6 is 34.9 Å². The number of aryl methyl sites for hydroxylation is 1. The zero-order valence-corrected chi connectivity index (χ0v) is 10.5. The summed E-state index contributed by atoms with van der Waals surface area (Å²) < 4.78 is 4.62. The van der Waals surface area contributed by atoms with Crippen LogP contribution in [0.5, 0.6) is 0 Å². The van der Waals surface area contributed by atoms with Gasteiger partial charge in [0, 0.05) is 5.75 Å². The molecule has 2 nitrogen and oxygen atoms in total. The second-order valence-electron chi connectivity index (χ2n) is 3.11. The van der Waals surface area contributed by atoms with Crippen molar-refractivity contribution in [1.82, 2.24) is 9.36 Å². The van der Waals surface area contributed by atoms with Gasteiger partial charge in [-0.25, -0.2) is 0 Å². The molecule has 0 bridgehead atoms. The van der Waals surface area contributed by atoms with E-state index in [1.54, 1.807) is 11.8 Å². The summed E-state index contributed by atoms with van der Waals surface area (Å²) >= 11 is 8.53. The molecule has 78 valence electrons. The fraction of sp³-hybridized carbons (Fsp3) is 0.200. The number of halogens is 1. The number of benzene rings is 1. The summed E-state index contributed by atoms with van der Waals surface area (Å²) in [7, 11) is 0. The van der Waals surface area contributed by atoms with E-state index in [0.29, 0.717) is 4.47 Å². The molecule has 15 heavy (non-hydrogen) atoms. The first-order valence-electron chi connectivity index (χ1n) is 4.41. The van der Waals surface area contributed by atoms with Gasteiger partial charge in [0.05, 0.1) is 0 Å². The van der Waals surface area contributed by atoms with Crippen LogP contribution in [-0.2, 0) is 5.75 Å². The number of aromatic nitrogens is 2. The number of hydrogen-bond donors (Lipinski definition) is 0. The van der Waals surface area contributed by atoms with E-state index < -0.39 is 0 Å². The van der Waals surface area contributed by atoms with Crippen LogP contribution in [0.1, 0.15) is 11.1 Å². The van der Waals surface area contributed by atoms with E-state index in [1.165, 1.54) is 22.7 Å². The first-order valence-corrected chi connectivity index (χ1v) is 6.55. The maximum Gasteiger partial charge on any atom is 0.204 e. The zero-order valence-electron chi connectivity index (χ0n) is 8.11. The maximum absolute atomic E-state index is 5.70. The van der Waals surface area contributed by atoms with E-state index in [0.717, 1.165) is 10.9 Å². The van der Waals surface area contributed by atoms with Gasteiger partial charge in [-0.05, 0) is 35.6 Å². The average molecular weight is 257 g/mol. The Hall–Kier alpha value is -0.580. The Bertz CT molecular complexity index is 456. The molecule has 0 aliphatic heterocycles. The molecule has 0 atom stereocenters. The lowest BCUT2D eigenvalue weighted by Gasteiger charge is -1.99. The van der Waals surface area contributed by atoms with E-state index in [9.17, 15) is 0 Å². The molecule has 0 saturated carbocycles. The normalized spacial score (nSPS) is 10.5. The van der Waals surface area contributed by atoms with Crippen LogP contribution in [0.4, 0.5) is 0 Å². The number of nitrogens with zero attached hydrogens (tertiary/aromatic N) is 2. The van der Waals surface area contributed by atoms with Gasteiger partial charge in [0.25, 0.3) is 0 Å². The smallest absolute Gasteiger partial charge is 0.198 e. The monoisotopic (exact) mass is 256 g/mol. The Balaban J connectivity index is 1.99. The quantitative estimate of drug-likeness (QED) is 0.782. The van der Waals surface area contributed by atoms with Gasteiger partial charge in [-0.2, -0.15) is 9.36 Å². The highest BCUT2D eigenvalue weighted by atomic mass is 35.5. The summed E-state index contributed by atoms with van der Waals surface area (Å²) in [4.78, 5) is 4.08. The summed E-state index contributed by atoms with van der Waals surface area (Å²) in [6.07, 6.45) is 0. The predicted octanol–water partition coefficient (Wildman–Crippen LogP) is 3.79. The molecular weight excluding hydrogens is 248 g/mol. The van der Waals surface area contributed by atoms with E-state index >= 15 is 0 Å². The molecule has 1 aromatic heterocycles. The number of hydrogen-bond acceptors (Lipinski definition) is 4. The highest BCUT2D eigenvalue weighted by Crippen LogP contribution is 2.23. The van der Waals surface area contributed by atoms with Crippen molar-refractivity contribution in [1.29, 1.82) is 0 Å². The fourth-order valence-corrected chi connectivity index (χ4v) is 2.77. The van der Waals surface area contributed by atoms with Crippen LogP contribution in [0.2, 0.25) is 4.47 Å². The minimum absolute atomic E-state index is 0.502. The molecule has 2 rings (SSSR count). The lowest BCUT2D eigenvalue weighted by molar-refractivity contribution is 1.08. The molecule has 0 amide bonds. The summed E-state index contributed by atoms with van der Waals surface area (Å²) in [5.41, 5.74) is 2.56. The number of thioether (sulfide) groups is 1. The number of rotatable bonds is 3. The Labute approximate surface area is 102 Å². The van der Waals surface area contributed by atoms with Crippen molar-refractivity contribution in [3.05, 3.63) is 39.9 Å². The van der Waals surface area contributed by atoms with Gasteiger partial charge < -0.3 is 0 Å². The summed E-state index contributed by atoms with van der Waals surface area (Å²) in [5, 5.41) is 0.756. The molecule has 5 heteroatoms. The topological polar surface area (TPSA) is 25.8 Å². The van der Waals surface area contributed by atoms with Crippen LogP contribution in [0.3, 0.4) is 0 Å². The van der Waals surface area contributed by atoms with Crippen LogP contribution in [0.25, 0.3) is 0 Å². The molecular formula is C10H9ClN2S2. The van der Waals surface area contributed by atoms with E-state index in [2.05, 4.69) is 40.5 Å². The average Bonchev–Trinajstić information content (AvgIpc) is 2.62. The van der Waals surface area contributed by atoms with Crippen molar-refractivity contribution in [2.45, 2.75) is 17.8 Å². The van der Waals surface area contributed by atoms with Gasteiger partial charge in [0.15, 0.2) is 0 Å². The van der Waals surface area contributed by atoms with Crippen molar-refractivity contribution in [3.8, 4) is 0 Å². The van der Waals surface area contributed by atoms with Crippen LogP contribution < -0.4 is 0 Å². The highest BCUT2D eigenvalue weighted by molar-refractivity contribution is 7.98. The summed E-state index contributed by atoms with van der Waals surface area (Å²) in [6.45, 7) is 2.09. The molecule has 1 aromatic carbocycles. The van der Waals surface area contributed by atoms with Gasteiger partial charge in [-0.1, -0.05) is 41.6 Å². The third-order valence-electron chi connectivity index (χ3n) is 1.83. The molecule has 0 fully saturated rings. The van der Waals surface area contributed by atoms with Crippen LogP contribution in [-0.4, -0.2) is 9.36 Å². The molecule has 0 unspecified atom stereocenters. The van der Waals surface area contributed by atoms with E-state index in [4.69, 9.17) is 11.6 Å². The maximum atomic E-state index is 5.70. The van der Waals surface area contributed by atoms with E-state index in [-0.39, 0.29) is 0 Å². The molecule has 0 aliphatic carbocycles. The van der Waals surface area contributed by atoms with E-state index in [1.807, 2.05) is 0 Å². The van der Waals surface area contributed by atoms with Gasteiger partial charge in [-0.15, -0.1) is 0 Å². The first kappa shape index (κ1) is 10.9. The third-order valence-corrected chi connectivity index (χ3v) is 3.66. The van der Waals surface area contributed by atoms with Crippen molar-refractivity contribution in [3.63, 3.8) is 0 Å².